The maximum atomic E-state index is 9.86. The molecule has 0 saturated carbocycles. The van der Waals surface area contributed by atoms with E-state index in [4.69, 9.17) is 4.89 Å². The van der Waals surface area contributed by atoms with Crippen LogP contribution in [0.2, 0.25) is 0 Å². The fourth-order valence-corrected chi connectivity index (χ4v) is 0. The molecule has 1 N–H and O–H groups in total. The van der Waals surface area contributed by atoms with Crippen LogP contribution in [0, 0.1) is 0 Å². The zero-order valence-corrected chi connectivity index (χ0v) is 5.42. The zero-order chi connectivity index (χ0) is 5.15. The van der Waals surface area contributed by atoms with Crippen molar-refractivity contribution in [1.82, 2.24) is 0 Å². The summed E-state index contributed by atoms with van der Waals surface area (Å²) in [6.45, 7) is -1.88. The molecule has 0 fully saturated rings. The highest BCUT2D eigenvalue weighted by Crippen LogP contribution is 2.00. The van der Waals surface area contributed by atoms with Crippen molar-refractivity contribution in [2.75, 3.05) is 12.5 Å². The van der Waals surface area contributed by atoms with Crippen LogP contribution in [0.5, 0.6) is 0 Å². The molecule has 4 heteroatoms. The first-order valence-electron chi connectivity index (χ1n) is 1.38. The Morgan fingerprint density at radius 1 is 1.67 bits per heavy atom. The van der Waals surface area contributed by atoms with Crippen molar-refractivity contribution in [1.29, 1.82) is 0 Å². The molecule has 0 saturated heterocycles. The first-order chi connectivity index (χ1) is 2.64. The monoisotopic (exact) mass is 126 g/mol. The number of hydrogen-bond acceptors (Lipinski definition) is 1. The van der Waals surface area contributed by atoms with Gasteiger partial charge in [0.05, 0.1) is 0 Å². The molecule has 0 rings (SSSR count). The van der Waals surface area contributed by atoms with E-state index < -0.39 is 6.80 Å². The van der Waals surface area contributed by atoms with Crippen LogP contribution in [0.1, 0.15) is 0 Å². The van der Waals surface area contributed by atoms with E-state index in [1.165, 1.54) is 0 Å². The first kappa shape index (κ1) is 6.41. The second-order valence-electron chi connectivity index (χ2n) is 1.01. The highest BCUT2D eigenvalue weighted by molar-refractivity contribution is 8.20. The smallest absolute Gasteiger partial charge is 0.264 e. The van der Waals surface area contributed by atoms with Crippen LogP contribution in [0.25, 0.3) is 0 Å². The van der Waals surface area contributed by atoms with Crippen LogP contribution < -0.4 is 0 Å². The maximum absolute atomic E-state index is 9.86. The van der Waals surface area contributed by atoms with E-state index in [9.17, 15) is 4.57 Å². The van der Waals surface area contributed by atoms with Gasteiger partial charge in [-0.3, -0.25) is 0 Å². The maximum Gasteiger partial charge on any atom is 0.264 e. The topological polar surface area (TPSA) is 37.3 Å². The van der Waals surface area contributed by atoms with Crippen molar-refractivity contribution in [2.24, 2.45) is 0 Å². The third-order valence-corrected chi connectivity index (χ3v) is 2.81. The van der Waals surface area contributed by atoms with Gasteiger partial charge in [0.15, 0.2) is 0 Å². The third kappa shape index (κ3) is 2.64. The molecule has 1 unspecified atom stereocenters. The summed E-state index contributed by atoms with van der Waals surface area (Å²) in [5.74, 6) is 0. The summed E-state index contributed by atoms with van der Waals surface area (Å²) in [5.41, 5.74) is 0. The molecule has 1 atom stereocenters. The van der Waals surface area contributed by atoms with E-state index in [1.807, 2.05) is 0 Å². The van der Waals surface area contributed by atoms with Crippen LogP contribution in [0.3, 0.4) is 0 Å². The molecule has 0 aliphatic rings. The van der Waals surface area contributed by atoms with E-state index in [2.05, 4.69) is 0 Å². The minimum Gasteiger partial charge on any atom is -0.312 e. The molecular formula is C2H7O2PS. The Hall–Kier alpha value is 0.410. The summed E-state index contributed by atoms with van der Waals surface area (Å²) >= 11 is 0. The van der Waals surface area contributed by atoms with Crippen LogP contribution >= 0.6 is 6.80 Å². The molecule has 0 heterocycles. The van der Waals surface area contributed by atoms with Gasteiger partial charge in [-0.1, -0.05) is 0 Å². The Balaban J connectivity index is 4.08. The molecule has 0 bridgehead atoms. The highest BCUT2D eigenvalue weighted by Gasteiger charge is 1.73. The van der Waals surface area contributed by atoms with Gasteiger partial charge in [0, 0.05) is 0 Å². The average Bonchev–Trinajstić information content (AvgIpc) is 1.36. The van der Waals surface area contributed by atoms with E-state index in [0.717, 1.165) is 0 Å². The van der Waals surface area contributed by atoms with Gasteiger partial charge in [0.2, 0.25) is 0 Å². The zero-order valence-electron chi connectivity index (χ0n) is 3.71. The number of rotatable bonds is 0. The normalized spacial score (nSPS) is 12.3. The molecule has 0 radical (unpaired) electrons. The Morgan fingerprint density at radius 2 is 1.83 bits per heavy atom. The predicted octanol–water partition coefficient (Wildman–Crippen LogP) is 0.514. The Kier molecular flexibility index (Phi) is 2.74. The second-order valence-corrected chi connectivity index (χ2v) is 6.16. The summed E-state index contributed by atoms with van der Waals surface area (Å²) in [6, 6.07) is 0. The molecule has 0 aromatic carbocycles. The van der Waals surface area contributed by atoms with Crippen molar-refractivity contribution in [3.8, 4) is 0 Å². The molecule has 0 amide bonds. The molecule has 6 heavy (non-hydrogen) atoms. The standard InChI is InChI=1S/C2H7O2PS/c1-6(2)5(3)4/h1-2H3,(H,3,4). The van der Waals surface area contributed by atoms with Crippen molar-refractivity contribution in [3.05, 3.63) is 0 Å². The fourth-order valence-electron chi connectivity index (χ4n) is 0. The van der Waals surface area contributed by atoms with E-state index in [0.29, 0.717) is 0 Å². The molecular weight excluding hydrogens is 119 g/mol. The van der Waals surface area contributed by atoms with Crippen LogP contribution in [0.4, 0.5) is 0 Å². The first-order valence-corrected chi connectivity index (χ1v) is 5.24. The molecule has 0 aliphatic carbocycles. The largest absolute Gasteiger partial charge is 0.312 e. The summed E-state index contributed by atoms with van der Waals surface area (Å²) in [4.78, 5) is 8.15. The predicted molar refractivity (Wildman–Crippen MR) is 29.0 cm³/mol. The van der Waals surface area contributed by atoms with E-state index >= 15 is 0 Å². The minimum atomic E-state index is -1.88. The molecule has 38 valence electrons. The second kappa shape index (κ2) is 2.56. The molecule has 0 aliphatic heterocycles. The Labute approximate surface area is 39.7 Å². The summed E-state index contributed by atoms with van der Waals surface area (Å²) < 4.78 is 9.86. The molecule has 0 aromatic rings. The molecule has 2 nitrogen and oxygen atoms in total. The SMILES string of the molecule is CS(C)=P(=O)O. The van der Waals surface area contributed by atoms with Crippen LogP contribution in [0.15, 0.2) is 0 Å². The fraction of sp³-hybridized carbons (Fsp3) is 1.00. The van der Waals surface area contributed by atoms with Crippen molar-refractivity contribution in [2.45, 2.75) is 0 Å². The lowest BCUT2D eigenvalue weighted by Gasteiger charge is -1.76. The van der Waals surface area contributed by atoms with Gasteiger partial charge >= 0.3 is 0 Å². The van der Waals surface area contributed by atoms with Gasteiger partial charge < -0.3 is 4.89 Å². The van der Waals surface area contributed by atoms with Gasteiger partial charge in [-0.15, -0.1) is 10.1 Å². The van der Waals surface area contributed by atoms with Crippen molar-refractivity contribution < 1.29 is 9.46 Å². The lowest BCUT2D eigenvalue weighted by Crippen LogP contribution is -1.68. The van der Waals surface area contributed by atoms with Crippen molar-refractivity contribution in [3.63, 3.8) is 0 Å². The lowest BCUT2D eigenvalue weighted by atomic mass is 11.9. The highest BCUT2D eigenvalue weighted by atomic mass is 32.5. The van der Waals surface area contributed by atoms with E-state index in [-0.39, 0.29) is 10.1 Å². The number of hydrogen-bond donors (Lipinski definition) is 1. The summed E-state index contributed by atoms with van der Waals surface area (Å²) in [7, 11) is -0.302. The quantitative estimate of drug-likeness (QED) is 0.480. The average molecular weight is 126 g/mol. The third-order valence-electron chi connectivity index (χ3n) is 0.312. The van der Waals surface area contributed by atoms with Crippen LogP contribution in [-0.4, -0.2) is 17.4 Å². The van der Waals surface area contributed by atoms with Gasteiger partial charge in [0.25, 0.3) is 6.80 Å². The van der Waals surface area contributed by atoms with E-state index in [1.54, 1.807) is 12.5 Å². The summed E-state index contributed by atoms with van der Waals surface area (Å²) in [6.07, 6.45) is 3.47. The van der Waals surface area contributed by atoms with Gasteiger partial charge in [-0.05, 0) is 12.5 Å². The minimum absolute atomic E-state index is 0.302. The molecule has 0 aromatic heterocycles. The van der Waals surface area contributed by atoms with Gasteiger partial charge in [0.1, 0.15) is 0 Å². The van der Waals surface area contributed by atoms with Gasteiger partial charge in [-0.2, -0.15) is 0 Å². The Bertz CT molecular complexity index is 109. The lowest BCUT2D eigenvalue weighted by molar-refractivity contribution is 0.522. The molecule has 0 spiro atoms. The summed E-state index contributed by atoms with van der Waals surface area (Å²) in [5, 5.41) is 0. The van der Waals surface area contributed by atoms with Gasteiger partial charge in [-0.25, -0.2) is 4.57 Å². The Morgan fingerprint density at radius 3 is 1.83 bits per heavy atom. The van der Waals surface area contributed by atoms with Crippen molar-refractivity contribution >= 4 is 16.9 Å². The van der Waals surface area contributed by atoms with Crippen LogP contribution in [-0.2, 0) is 14.6 Å².